The maximum Gasteiger partial charge on any atom is 0.249 e. The molecule has 2 saturated heterocycles. The minimum atomic E-state index is -0.660. The van der Waals surface area contributed by atoms with Crippen LogP contribution >= 0.6 is 22.9 Å². The largest absolute Gasteiger partial charge is 0.369 e. The Labute approximate surface area is 355 Å². The molecule has 1 unspecified atom stereocenters. The summed E-state index contributed by atoms with van der Waals surface area (Å²) in [6.07, 6.45) is 7.64. The van der Waals surface area contributed by atoms with Crippen LogP contribution in [0.5, 0.6) is 0 Å². The number of amides is 4. The fraction of sp³-hybridized carbons (Fsp3) is 0.477. The van der Waals surface area contributed by atoms with Crippen LogP contribution in [0.3, 0.4) is 0 Å². The number of hydrogen-bond acceptors (Lipinski definition) is 10. The van der Waals surface area contributed by atoms with E-state index >= 15 is 0 Å². The van der Waals surface area contributed by atoms with Crippen LogP contribution in [0.2, 0.25) is 5.02 Å². The van der Waals surface area contributed by atoms with Gasteiger partial charge in [0.1, 0.15) is 22.9 Å². The maximum absolute atomic E-state index is 13.3. The summed E-state index contributed by atoms with van der Waals surface area (Å²) in [7, 11) is 0. The summed E-state index contributed by atoms with van der Waals surface area (Å²) >= 11 is 7.94. The second-order valence-electron chi connectivity index (χ2n) is 15.8. The lowest BCUT2D eigenvalue weighted by Gasteiger charge is -2.36. The number of anilines is 1. The van der Waals surface area contributed by atoms with E-state index in [9.17, 15) is 19.2 Å². The molecule has 59 heavy (non-hydrogen) atoms. The lowest BCUT2D eigenvalue weighted by molar-refractivity contribution is -0.137. The standard InChI is InChI=1S/C44H54ClN9O4S/c1-28-29(2)59-44-40(28)41(32-13-15-33(45)16-14-32)48-36(42-51-50-30(3)54(42)44)27-38(56)46-19-8-6-4-5-7-9-20-52-21-23-53(24-22-52)34-12-10-11-31(25-34)26-39(57)47-35-17-18-37(55)49-43(35)58/h10-16,25,35-36H,4-9,17-24,26-27H2,1-3H3,(H,46,56)(H,47,57)(H,49,55,58)/t35?,36-/m0/s1. The monoisotopic (exact) mass is 839 g/mol. The molecule has 0 aliphatic carbocycles. The number of nitrogens with one attached hydrogen (secondary N) is 3. The molecule has 4 aromatic rings. The number of halogens is 1. The average molecular weight is 840 g/mol. The number of piperidine rings is 1. The number of imide groups is 1. The number of aliphatic imine (C=N–C) groups is 1. The molecule has 2 fully saturated rings. The van der Waals surface area contributed by atoms with Gasteiger partial charge in [-0.15, -0.1) is 21.5 Å². The van der Waals surface area contributed by atoms with Gasteiger partial charge in [0, 0.05) is 65.9 Å². The number of hydrogen-bond donors (Lipinski definition) is 3. The Morgan fingerprint density at radius 3 is 2.42 bits per heavy atom. The summed E-state index contributed by atoms with van der Waals surface area (Å²) in [6, 6.07) is 14.6. The summed E-state index contributed by atoms with van der Waals surface area (Å²) in [4.78, 5) is 60.7. The topological polar surface area (TPSA) is 154 Å². The highest BCUT2D eigenvalue weighted by Gasteiger charge is 2.33. The number of unbranched alkanes of at least 4 members (excludes halogenated alkanes) is 5. The third kappa shape index (κ3) is 10.5. The summed E-state index contributed by atoms with van der Waals surface area (Å²) in [5.41, 5.74) is 6.03. The Hall–Kier alpha value is -4.92. The van der Waals surface area contributed by atoms with E-state index < -0.39 is 18.0 Å². The van der Waals surface area contributed by atoms with Crippen molar-refractivity contribution in [3.8, 4) is 5.00 Å². The van der Waals surface area contributed by atoms with Crippen LogP contribution in [-0.2, 0) is 25.6 Å². The number of nitrogens with zero attached hydrogens (tertiary/aromatic N) is 6. The van der Waals surface area contributed by atoms with Crippen molar-refractivity contribution in [2.45, 2.75) is 97.1 Å². The van der Waals surface area contributed by atoms with Crippen molar-refractivity contribution < 1.29 is 19.2 Å². The number of piperazine rings is 1. The highest BCUT2D eigenvalue weighted by molar-refractivity contribution is 7.15. The molecule has 15 heteroatoms. The smallest absolute Gasteiger partial charge is 0.249 e. The number of aryl methyl sites for hydroxylation is 2. The highest BCUT2D eigenvalue weighted by atomic mass is 35.5. The molecule has 5 heterocycles. The van der Waals surface area contributed by atoms with Crippen LogP contribution in [0.25, 0.3) is 5.00 Å². The summed E-state index contributed by atoms with van der Waals surface area (Å²) < 4.78 is 2.08. The molecule has 2 aromatic carbocycles. The van der Waals surface area contributed by atoms with Gasteiger partial charge >= 0.3 is 0 Å². The van der Waals surface area contributed by atoms with Gasteiger partial charge in [-0.25, -0.2) is 0 Å². The van der Waals surface area contributed by atoms with Crippen molar-refractivity contribution in [2.75, 3.05) is 44.2 Å². The van der Waals surface area contributed by atoms with Crippen molar-refractivity contribution in [3.63, 3.8) is 0 Å². The molecule has 0 bridgehead atoms. The molecule has 2 atom stereocenters. The van der Waals surface area contributed by atoms with Crippen molar-refractivity contribution in [1.29, 1.82) is 0 Å². The molecule has 3 aliphatic rings. The first-order chi connectivity index (χ1) is 28.5. The molecule has 0 spiro atoms. The zero-order valence-electron chi connectivity index (χ0n) is 34.2. The predicted octanol–water partition coefficient (Wildman–Crippen LogP) is 5.93. The summed E-state index contributed by atoms with van der Waals surface area (Å²) in [5.74, 6) is 0.466. The van der Waals surface area contributed by atoms with Gasteiger partial charge in [0.05, 0.1) is 18.6 Å². The molecule has 3 N–H and O–H groups in total. The van der Waals surface area contributed by atoms with Gasteiger partial charge in [0.15, 0.2) is 5.82 Å². The Morgan fingerprint density at radius 2 is 1.66 bits per heavy atom. The minimum absolute atomic E-state index is 0.0400. The van der Waals surface area contributed by atoms with E-state index in [-0.39, 0.29) is 37.0 Å². The van der Waals surface area contributed by atoms with E-state index in [0.29, 0.717) is 23.8 Å². The van der Waals surface area contributed by atoms with Gasteiger partial charge in [-0.2, -0.15) is 0 Å². The first-order valence-corrected chi connectivity index (χ1v) is 22.1. The quantitative estimate of drug-likeness (QED) is 0.0928. The Balaban J connectivity index is 0.791. The van der Waals surface area contributed by atoms with Crippen molar-refractivity contribution in [3.05, 3.63) is 92.3 Å². The third-order valence-electron chi connectivity index (χ3n) is 11.5. The van der Waals surface area contributed by atoms with Crippen molar-refractivity contribution in [1.82, 2.24) is 35.6 Å². The van der Waals surface area contributed by atoms with Gasteiger partial charge in [-0.1, -0.05) is 61.5 Å². The second kappa shape index (κ2) is 19.4. The van der Waals surface area contributed by atoms with Crippen molar-refractivity contribution in [2.24, 2.45) is 4.99 Å². The summed E-state index contributed by atoms with van der Waals surface area (Å²) in [5, 5.41) is 18.8. The maximum atomic E-state index is 13.3. The molecule has 7 rings (SSSR count). The van der Waals surface area contributed by atoms with Gasteiger partial charge in [0.2, 0.25) is 23.6 Å². The number of fused-ring (bicyclic) bond motifs is 3. The second-order valence-corrected chi connectivity index (χ2v) is 17.5. The number of benzene rings is 2. The number of carbonyl (C=O) groups is 4. The molecule has 0 saturated carbocycles. The van der Waals surface area contributed by atoms with E-state index in [1.165, 1.54) is 24.1 Å². The van der Waals surface area contributed by atoms with E-state index in [0.717, 1.165) is 96.5 Å². The van der Waals surface area contributed by atoms with E-state index in [4.69, 9.17) is 16.6 Å². The Bertz CT molecular complexity index is 2190. The molecule has 2 aromatic heterocycles. The van der Waals surface area contributed by atoms with Crippen molar-refractivity contribution >= 4 is 58.0 Å². The van der Waals surface area contributed by atoms with E-state index in [1.807, 2.05) is 43.3 Å². The fourth-order valence-electron chi connectivity index (χ4n) is 8.13. The van der Waals surface area contributed by atoms with Gasteiger partial charge in [0.25, 0.3) is 0 Å². The third-order valence-corrected chi connectivity index (χ3v) is 13.0. The first kappa shape index (κ1) is 42.2. The van der Waals surface area contributed by atoms with Gasteiger partial charge in [-0.05, 0) is 82.0 Å². The Morgan fingerprint density at radius 1 is 0.915 bits per heavy atom. The van der Waals surface area contributed by atoms with Gasteiger partial charge < -0.3 is 15.5 Å². The lowest BCUT2D eigenvalue weighted by atomic mass is 9.99. The molecule has 0 radical (unpaired) electrons. The highest BCUT2D eigenvalue weighted by Crippen LogP contribution is 2.39. The molecular weight excluding hydrogens is 786 g/mol. The Kier molecular flexibility index (Phi) is 13.9. The zero-order chi connectivity index (χ0) is 41.5. The molecule has 13 nitrogen and oxygen atoms in total. The predicted molar refractivity (Wildman–Crippen MR) is 232 cm³/mol. The number of thiophene rings is 1. The van der Waals surface area contributed by atoms with Crippen LogP contribution in [0, 0.1) is 20.8 Å². The van der Waals surface area contributed by atoms with E-state index in [2.05, 4.69) is 66.5 Å². The number of rotatable bonds is 16. The van der Waals surface area contributed by atoms with Crippen LogP contribution in [0.1, 0.15) is 103 Å². The first-order valence-electron chi connectivity index (χ1n) is 20.9. The summed E-state index contributed by atoms with van der Waals surface area (Å²) in [6.45, 7) is 11.8. The van der Waals surface area contributed by atoms with E-state index in [1.54, 1.807) is 11.3 Å². The SMILES string of the molecule is Cc1sc2c(c1C)C(c1ccc(Cl)cc1)=N[C@@H](CC(=O)NCCCCCCCCN1CCN(c3cccc(CC(=O)NC4CCC(=O)NC4=O)c3)CC1)c1nnc(C)n1-2. The normalized spacial score (nSPS) is 18.1. The zero-order valence-corrected chi connectivity index (χ0v) is 35.8. The van der Waals surface area contributed by atoms with Gasteiger partial charge in [-0.3, -0.25) is 39.0 Å². The molecule has 3 aliphatic heterocycles. The molecular formula is C44H54ClN9O4S. The van der Waals surface area contributed by atoms with Crippen LogP contribution in [0.15, 0.2) is 53.5 Å². The van der Waals surface area contributed by atoms with Crippen LogP contribution in [0.4, 0.5) is 5.69 Å². The number of aromatic nitrogens is 3. The average Bonchev–Trinajstić information content (AvgIpc) is 3.70. The molecule has 4 amide bonds. The van der Waals surface area contributed by atoms with Crippen LogP contribution in [-0.4, -0.2) is 94.3 Å². The molecule has 312 valence electrons. The minimum Gasteiger partial charge on any atom is -0.369 e. The number of carbonyl (C=O) groups excluding carboxylic acids is 4. The fourth-order valence-corrected chi connectivity index (χ4v) is 9.47. The lowest BCUT2D eigenvalue weighted by Crippen LogP contribution is -2.52. The van der Waals surface area contributed by atoms with Crippen LogP contribution < -0.4 is 20.9 Å².